The van der Waals surface area contributed by atoms with Gasteiger partial charge in [-0.05, 0) is 31.4 Å². The van der Waals surface area contributed by atoms with Crippen molar-refractivity contribution in [2.75, 3.05) is 25.6 Å². The first-order valence-corrected chi connectivity index (χ1v) is 7.36. The lowest BCUT2D eigenvalue weighted by atomic mass is 10.1. The summed E-state index contributed by atoms with van der Waals surface area (Å²) in [7, 11) is 1.54. The summed E-state index contributed by atoms with van der Waals surface area (Å²) in [5, 5.41) is 5.81. The summed E-state index contributed by atoms with van der Waals surface area (Å²) >= 11 is 0. The highest BCUT2D eigenvalue weighted by molar-refractivity contribution is 5.86. The Labute approximate surface area is 130 Å². The lowest BCUT2D eigenvalue weighted by molar-refractivity contribution is -0.127. The van der Waals surface area contributed by atoms with E-state index >= 15 is 0 Å². The van der Waals surface area contributed by atoms with Gasteiger partial charge in [0.2, 0.25) is 11.8 Å². The predicted octanol–water partition coefficient (Wildman–Crippen LogP) is 0.670. The third kappa shape index (κ3) is 7.58. The molecule has 122 valence electrons. The summed E-state index contributed by atoms with van der Waals surface area (Å²) in [6, 6.07) is 4.99. The van der Waals surface area contributed by atoms with Crippen LogP contribution >= 0.6 is 0 Å². The van der Waals surface area contributed by atoms with Crippen molar-refractivity contribution in [1.29, 1.82) is 0 Å². The van der Waals surface area contributed by atoms with E-state index in [2.05, 4.69) is 15.6 Å². The quantitative estimate of drug-likeness (QED) is 0.521. The summed E-state index contributed by atoms with van der Waals surface area (Å²) in [4.78, 5) is 27.1. The van der Waals surface area contributed by atoms with Crippen molar-refractivity contribution < 1.29 is 14.3 Å². The van der Waals surface area contributed by atoms with Gasteiger partial charge in [0.15, 0.2) is 0 Å². The number of nitrogens with one attached hydrogen (secondary N) is 2. The third-order valence-electron chi connectivity index (χ3n) is 3.09. The molecule has 22 heavy (non-hydrogen) atoms. The highest BCUT2D eigenvalue weighted by Gasteiger charge is 2.17. The number of carbonyl (C=O) groups is 2. The molecule has 2 amide bonds. The molecule has 7 nitrogen and oxygen atoms in total. The molecule has 0 spiro atoms. The minimum absolute atomic E-state index is 0.169. The number of primary amides is 1. The summed E-state index contributed by atoms with van der Waals surface area (Å²) in [5.74, 6) is 0.111. The first-order valence-electron chi connectivity index (χ1n) is 7.36. The Kier molecular flexibility index (Phi) is 8.59. The zero-order valence-electron chi connectivity index (χ0n) is 12.9. The second-order valence-corrected chi connectivity index (χ2v) is 4.90. The number of hydrogen-bond donors (Lipinski definition) is 3. The summed E-state index contributed by atoms with van der Waals surface area (Å²) in [6.07, 6.45) is 4.03. The van der Waals surface area contributed by atoms with Gasteiger partial charge in [-0.2, -0.15) is 0 Å². The van der Waals surface area contributed by atoms with E-state index in [1.165, 1.54) is 7.11 Å². The van der Waals surface area contributed by atoms with Crippen LogP contribution in [-0.4, -0.2) is 43.1 Å². The van der Waals surface area contributed by atoms with Crippen molar-refractivity contribution in [3.8, 4) is 0 Å². The van der Waals surface area contributed by atoms with E-state index in [1.807, 2.05) is 18.2 Å². The van der Waals surface area contributed by atoms with Crippen LogP contribution in [0.5, 0.6) is 0 Å². The third-order valence-corrected chi connectivity index (χ3v) is 3.09. The maximum atomic E-state index is 11.8. The fourth-order valence-corrected chi connectivity index (χ4v) is 1.88. The molecule has 1 heterocycles. The number of anilines is 1. The zero-order chi connectivity index (χ0) is 16.2. The average molecular weight is 308 g/mol. The zero-order valence-corrected chi connectivity index (χ0v) is 12.9. The number of nitrogens with zero attached hydrogens (tertiary/aromatic N) is 1. The first-order chi connectivity index (χ1) is 10.6. The number of ether oxygens (including phenoxy) is 1. The Morgan fingerprint density at radius 1 is 1.36 bits per heavy atom. The second kappa shape index (κ2) is 10.6. The number of aromatic nitrogens is 1. The Bertz CT molecular complexity index is 453. The van der Waals surface area contributed by atoms with Crippen LogP contribution in [0.3, 0.4) is 0 Å². The first kappa shape index (κ1) is 17.9. The van der Waals surface area contributed by atoms with E-state index in [0.29, 0.717) is 19.4 Å². The molecule has 0 saturated carbocycles. The SMILES string of the molecule is COCC[C@H](NC(=O)CCCCNc1ccccn1)C(N)=O. The number of hydrogen-bond acceptors (Lipinski definition) is 5. The standard InChI is InChI=1S/C15H24N4O3/c1-22-11-8-12(15(16)21)19-14(20)7-3-5-10-18-13-6-2-4-9-17-13/h2,4,6,9,12H,3,5,7-8,10-11H2,1H3,(H2,16,21)(H,17,18)(H,19,20)/t12-/m0/s1. The van der Waals surface area contributed by atoms with E-state index in [4.69, 9.17) is 10.5 Å². The van der Waals surface area contributed by atoms with E-state index in [9.17, 15) is 9.59 Å². The van der Waals surface area contributed by atoms with E-state index < -0.39 is 11.9 Å². The van der Waals surface area contributed by atoms with Crippen LogP contribution < -0.4 is 16.4 Å². The molecule has 7 heteroatoms. The number of pyridine rings is 1. The van der Waals surface area contributed by atoms with E-state index in [-0.39, 0.29) is 5.91 Å². The Balaban J connectivity index is 2.15. The number of rotatable bonds is 11. The molecule has 1 atom stereocenters. The van der Waals surface area contributed by atoms with Crippen LogP contribution in [0, 0.1) is 0 Å². The van der Waals surface area contributed by atoms with Crippen molar-refractivity contribution in [2.24, 2.45) is 5.73 Å². The minimum Gasteiger partial charge on any atom is -0.385 e. The normalized spacial score (nSPS) is 11.7. The largest absolute Gasteiger partial charge is 0.385 e. The van der Waals surface area contributed by atoms with Gasteiger partial charge in [-0.3, -0.25) is 9.59 Å². The number of carbonyl (C=O) groups excluding carboxylic acids is 2. The van der Waals surface area contributed by atoms with E-state index in [1.54, 1.807) is 6.20 Å². The fourth-order valence-electron chi connectivity index (χ4n) is 1.88. The van der Waals surface area contributed by atoms with Crippen LogP contribution in [0.15, 0.2) is 24.4 Å². The van der Waals surface area contributed by atoms with Gasteiger partial charge in [0.05, 0.1) is 0 Å². The van der Waals surface area contributed by atoms with Crippen molar-refractivity contribution in [3.63, 3.8) is 0 Å². The molecular formula is C15H24N4O3. The summed E-state index contributed by atoms with van der Waals surface area (Å²) in [5.41, 5.74) is 5.24. The molecule has 0 radical (unpaired) electrons. The smallest absolute Gasteiger partial charge is 0.240 e. The lowest BCUT2D eigenvalue weighted by Crippen LogP contribution is -2.45. The van der Waals surface area contributed by atoms with Crippen LogP contribution in [0.25, 0.3) is 0 Å². The molecule has 1 aromatic heterocycles. The fraction of sp³-hybridized carbons (Fsp3) is 0.533. The molecule has 0 aliphatic carbocycles. The van der Waals surface area contributed by atoms with Gasteiger partial charge in [-0.15, -0.1) is 0 Å². The molecule has 0 fully saturated rings. The molecule has 0 aliphatic heterocycles. The van der Waals surface area contributed by atoms with Crippen LogP contribution in [-0.2, 0) is 14.3 Å². The van der Waals surface area contributed by atoms with Crippen LogP contribution in [0.1, 0.15) is 25.7 Å². The van der Waals surface area contributed by atoms with Crippen molar-refractivity contribution in [3.05, 3.63) is 24.4 Å². The second-order valence-electron chi connectivity index (χ2n) is 4.90. The monoisotopic (exact) mass is 308 g/mol. The minimum atomic E-state index is -0.668. The molecule has 0 aromatic carbocycles. The lowest BCUT2D eigenvalue weighted by Gasteiger charge is -2.14. The highest BCUT2D eigenvalue weighted by atomic mass is 16.5. The van der Waals surface area contributed by atoms with Gasteiger partial charge < -0.3 is 21.1 Å². The van der Waals surface area contributed by atoms with Gasteiger partial charge in [-0.25, -0.2) is 4.98 Å². The number of amides is 2. The molecule has 1 rings (SSSR count). The van der Waals surface area contributed by atoms with E-state index in [0.717, 1.165) is 25.2 Å². The topological polar surface area (TPSA) is 106 Å². The number of nitrogens with two attached hydrogens (primary N) is 1. The Morgan fingerprint density at radius 3 is 2.82 bits per heavy atom. The molecule has 1 aromatic rings. The molecule has 4 N–H and O–H groups in total. The molecular weight excluding hydrogens is 284 g/mol. The van der Waals surface area contributed by atoms with Gasteiger partial charge >= 0.3 is 0 Å². The van der Waals surface area contributed by atoms with Crippen LogP contribution in [0.4, 0.5) is 5.82 Å². The van der Waals surface area contributed by atoms with Gasteiger partial charge in [0.1, 0.15) is 11.9 Å². The number of methoxy groups -OCH3 is 1. The van der Waals surface area contributed by atoms with Crippen LogP contribution in [0.2, 0.25) is 0 Å². The van der Waals surface area contributed by atoms with Gasteiger partial charge in [-0.1, -0.05) is 6.07 Å². The van der Waals surface area contributed by atoms with Crippen molar-refractivity contribution >= 4 is 17.6 Å². The molecule has 0 aliphatic rings. The predicted molar refractivity (Wildman–Crippen MR) is 84.2 cm³/mol. The Morgan fingerprint density at radius 2 is 2.18 bits per heavy atom. The molecule has 0 bridgehead atoms. The summed E-state index contributed by atoms with van der Waals surface area (Å²) in [6.45, 7) is 1.12. The highest BCUT2D eigenvalue weighted by Crippen LogP contribution is 2.02. The average Bonchev–Trinajstić information content (AvgIpc) is 2.51. The maximum Gasteiger partial charge on any atom is 0.240 e. The van der Waals surface area contributed by atoms with Gasteiger partial charge in [0, 0.05) is 32.9 Å². The maximum absolute atomic E-state index is 11.8. The summed E-state index contributed by atoms with van der Waals surface area (Å²) < 4.78 is 4.89. The molecule has 0 unspecified atom stereocenters. The molecule has 0 saturated heterocycles. The number of unbranched alkanes of at least 4 members (excludes halogenated alkanes) is 1. The van der Waals surface area contributed by atoms with Crippen molar-refractivity contribution in [2.45, 2.75) is 31.7 Å². The van der Waals surface area contributed by atoms with Gasteiger partial charge in [0.25, 0.3) is 0 Å². The Hall–Kier alpha value is -2.15. The van der Waals surface area contributed by atoms with Crippen molar-refractivity contribution in [1.82, 2.24) is 10.3 Å².